The predicted molar refractivity (Wildman–Crippen MR) is 79.0 cm³/mol. The Hall–Kier alpha value is -2.28. The van der Waals surface area contributed by atoms with Crippen LogP contribution in [0.25, 0.3) is 0 Å². The fourth-order valence-corrected chi connectivity index (χ4v) is 1.90. The van der Waals surface area contributed by atoms with Crippen LogP contribution in [0.1, 0.15) is 6.92 Å². The lowest BCUT2D eigenvalue weighted by atomic mass is 10.3. The molecule has 1 heterocycles. The SMILES string of the molecule is CSc1nc(N)cc(Oc2ccccc2NC(C)=O)n1. The van der Waals surface area contributed by atoms with Gasteiger partial charge in [0.1, 0.15) is 5.82 Å². The molecule has 0 radical (unpaired) electrons. The number of aromatic nitrogens is 2. The predicted octanol–water partition coefficient (Wildman–Crippen LogP) is 2.53. The third-order valence-corrected chi connectivity index (χ3v) is 2.84. The smallest absolute Gasteiger partial charge is 0.225 e. The maximum atomic E-state index is 11.2. The summed E-state index contributed by atoms with van der Waals surface area (Å²) >= 11 is 1.37. The highest BCUT2D eigenvalue weighted by molar-refractivity contribution is 7.98. The molecule has 2 rings (SSSR count). The topological polar surface area (TPSA) is 90.1 Å². The minimum absolute atomic E-state index is 0.173. The Morgan fingerprint density at radius 1 is 1.35 bits per heavy atom. The third kappa shape index (κ3) is 3.61. The van der Waals surface area contributed by atoms with Crippen LogP contribution >= 0.6 is 11.8 Å². The van der Waals surface area contributed by atoms with Gasteiger partial charge >= 0.3 is 0 Å². The second-order valence-electron chi connectivity index (χ2n) is 3.90. The van der Waals surface area contributed by atoms with Crippen LogP contribution in [-0.2, 0) is 4.79 Å². The first-order chi connectivity index (χ1) is 9.58. The van der Waals surface area contributed by atoms with Crippen molar-refractivity contribution in [3.63, 3.8) is 0 Å². The Morgan fingerprint density at radius 2 is 2.10 bits per heavy atom. The van der Waals surface area contributed by atoms with E-state index in [9.17, 15) is 4.79 Å². The standard InChI is InChI=1S/C13H14N4O2S/c1-8(18)15-9-5-3-4-6-10(9)19-12-7-11(14)16-13(17-12)20-2/h3-7H,1-2H3,(H,15,18)(H2,14,16,17). The van der Waals surface area contributed by atoms with E-state index < -0.39 is 0 Å². The van der Waals surface area contributed by atoms with Crippen LogP contribution in [0.2, 0.25) is 0 Å². The molecule has 6 nitrogen and oxygen atoms in total. The van der Waals surface area contributed by atoms with E-state index in [1.165, 1.54) is 24.8 Å². The normalized spacial score (nSPS) is 10.1. The van der Waals surface area contributed by atoms with Crippen LogP contribution in [0.3, 0.4) is 0 Å². The van der Waals surface area contributed by atoms with Gasteiger partial charge in [-0.3, -0.25) is 4.79 Å². The van der Waals surface area contributed by atoms with E-state index in [-0.39, 0.29) is 5.91 Å². The highest BCUT2D eigenvalue weighted by atomic mass is 32.2. The number of carbonyl (C=O) groups excluding carboxylic acids is 1. The molecule has 1 aromatic carbocycles. The van der Waals surface area contributed by atoms with Gasteiger partial charge in [-0.05, 0) is 18.4 Å². The Balaban J connectivity index is 2.30. The van der Waals surface area contributed by atoms with Crippen molar-refractivity contribution in [3.8, 4) is 11.6 Å². The van der Waals surface area contributed by atoms with E-state index in [0.29, 0.717) is 28.3 Å². The van der Waals surface area contributed by atoms with Crippen molar-refractivity contribution in [2.75, 3.05) is 17.3 Å². The monoisotopic (exact) mass is 290 g/mol. The zero-order chi connectivity index (χ0) is 14.5. The van der Waals surface area contributed by atoms with Gasteiger partial charge in [0.2, 0.25) is 11.8 Å². The molecule has 2 aromatic rings. The molecule has 0 unspecified atom stereocenters. The Labute approximate surface area is 120 Å². The number of nitrogens with one attached hydrogen (secondary N) is 1. The first kappa shape index (κ1) is 14.1. The number of benzene rings is 1. The highest BCUT2D eigenvalue weighted by Crippen LogP contribution is 2.29. The van der Waals surface area contributed by atoms with Gasteiger partial charge in [0.15, 0.2) is 10.9 Å². The number of ether oxygens (including phenoxy) is 1. The molecule has 0 atom stereocenters. The van der Waals surface area contributed by atoms with E-state index in [1.807, 2.05) is 6.26 Å². The Morgan fingerprint density at radius 3 is 2.80 bits per heavy atom. The maximum absolute atomic E-state index is 11.2. The molecule has 0 aliphatic heterocycles. The molecule has 0 saturated heterocycles. The van der Waals surface area contributed by atoms with E-state index in [0.717, 1.165) is 0 Å². The highest BCUT2D eigenvalue weighted by Gasteiger charge is 2.08. The van der Waals surface area contributed by atoms with Crippen molar-refractivity contribution < 1.29 is 9.53 Å². The lowest BCUT2D eigenvalue weighted by Gasteiger charge is -2.11. The molecule has 0 bridgehead atoms. The fraction of sp³-hybridized carbons (Fsp3) is 0.154. The number of hydrogen-bond donors (Lipinski definition) is 2. The van der Waals surface area contributed by atoms with Crippen molar-refractivity contribution in [2.45, 2.75) is 12.1 Å². The number of anilines is 2. The minimum atomic E-state index is -0.173. The molecule has 1 aromatic heterocycles. The number of nitrogens with zero attached hydrogens (tertiary/aromatic N) is 2. The van der Waals surface area contributed by atoms with E-state index in [1.54, 1.807) is 24.3 Å². The molecular formula is C13H14N4O2S. The average molecular weight is 290 g/mol. The summed E-state index contributed by atoms with van der Waals surface area (Å²) in [4.78, 5) is 19.4. The maximum Gasteiger partial charge on any atom is 0.225 e. The first-order valence-corrected chi connectivity index (χ1v) is 7.04. The molecule has 3 N–H and O–H groups in total. The zero-order valence-corrected chi connectivity index (χ0v) is 11.9. The summed E-state index contributed by atoms with van der Waals surface area (Å²) in [5.41, 5.74) is 6.27. The van der Waals surface area contributed by atoms with Gasteiger partial charge in [0.05, 0.1) is 5.69 Å². The summed E-state index contributed by atoms with van der Waals surface area (Å²) in [5.74, 6) is 0.983. The van der Waals surface area contributed by atoms with Crippen molar-refractivity contribution in [1.29, 1.82) is 0 Å². The minimum Gasteiger partial charge on any atom is -0.437 e. The molecule has 0 aliphatic rings. The van der Waals surface area contributed by atoms with E-state index >= 15 is 0 Å². The van der Waals surface area contributed by atoms with Gasteiger partial charge in [-0.15, -0.1) is 0 Å². The quantitative estimate of drug-likeness (QED) is 0.664. The van der Waals surface area contributed by atoms with Crippen molar-refractivity contribution in [2.24, 2.45) is 0 Å². The van der Waals surface area contributed by atoms with Crippen LogP contribution < -0.4 is 15.8 Å². The fourth-order valence-electron chi connectivity index (χ4n) is 1.53. The van der Waals surface area contributed by atoms with Crippen molar-refractivity contribution >= 4 is 29.2 Å². The number of amides is 1. The van der Waals surface area contributed by atoms with Gasteiger partial charge in [-0.1, -0.05) is 23.9 Å². The number of para-hydroxylation sites is 2. The number of carbonyl (C=O) groups is 1. The van der Waals surface area contributed by atoms with E-state index in [2.05, 4.69) is 15.3 Å². The first-order valence-electron chi connectivity index (χ1n) is 5.81. The largest absolute Gasteiger partial charge is 0.437 e. The molecule has 20 heavy (non-hydrogen) atoms. The molecule has 1 amide bonds. The molecule has 0 saturated carbocycles. The van der Waals surface area contributed by atoms with Gasteiger partial charge in [-0.2, -0.15) is 4.98 Å². The summed E-state index contributed by atoms with van der Waals surface area (Å²) in [5, 5.41) is 3.22. The second-order valence-corrected chi connectivity index (χ2v) is 4.67. The van der Waals surface area contributed by atoms with Gasteiger partial charge in [-0.25, -0.2) is 4.98 Å². The van der Waals surface area contributed by atoms with Crippen LogP contribution in [0.15, 0.2) is 35.5 Å². The van der Waals surface area contributed by atoms with Gasteiger partial charge in [0.25, 0.3) is 0 Å². The summed E-state index contributed by atoms with van der Waals surface area (Å²) in [6, 6.07) is 8.63. The number of thioether (sulfide) groups is 1. The lowest BCUT2D eigenvalue weighted by molar-refractivity contribution is -0.114. The number of hydrogen-bond acceptors (Lipinski definition) is 6. The summed E-state index contributed by atoms with van der Waals surface area (Å²) in [6.07, 6.45) is 1.85. The molecular weight excluding hydrogens is 276 g/mol. The summed E-state index contributed by atoms with van der Waals surface area (Å²) < 4.78 is 5.67. The number of rotatable bonds is 4. The Kier molecular flexibility index (Phi) is 4.41. The molecule has 0 aliphatic carbocycles. The van der Waals surface area contributed by atoms with Crippen molar-refractivity contribution in [1.82, 2.24) is 9.97 Å². The lowest BCUT2D eigenvalue weighted by Crippen LogP contribution is -2.07. The summed E-state index contributed by atoms with van der Waals surface area (Å²) in [7, 11) is 0. The molecule has 7 heteroatoms. The molecule has 104 valence electrons. The van der Waals surface area contributed by atoms with Crippen LogP contribution in [0.4, 0.5) is 11.5 Å². The number of nitrogens with two attached hydrogens (primary N) is 1. The van der Waals surface area contributed by atoms with Crippen molar-refractivity contribution in [3.05, 3.63) is 30.3 Å². The van der Waals surface area contributed by atoms with Crippen LogP contribution in [0, 0.1) is 0 Å². The summed E-state index contributed by atoms with van der Waals surface area (Å²) in [6.45, 7) is 1.44. The Bertz CT molecular complexity index is 634. The average Bonchev–Trinajstić information content (AvgIpc) is 2.39. The molecule has 0 fully saturated rings. The zero-order valence-electron chi connectivity index (χ0n) is 11.1. The van der Waals surface area contributed by atoms with Crippen LogP contribution in [0.5, 0.6) is 11.6 Å². The number of nitrogen functional groups attached to an aromatic ring is 1. The molecule has 0 spiro atoms. The van der Waals surface area contributed by atoms with Gasteiger partial charge in [0, 0.05) is 13.0 Å². The van der Waals surface area contributed by atoms with E-state index in [4.69, 9.17) is 10.5 Å². The van der Waals surface area contributed by atoms with Gasteiger partial charge < -0.3 is 15.8 Å². The third-order valence-electron chi connectivity index (χ3n) is 2.30. The van der Waals surface area contributed by atoms with Crippen LogP contribution in [-0.4, -0.2) is 22.1 Å². The second kappa shape index (κ2) is 6.25.